The highest BCUT2D eigenvalue weighted by Gasteiger charge is 2.23. The molecule has 106 valence electrons. The van der Waals surface area contributed by atoms with Gasteiger partial charge in [0.1, 0.15) is 5.78 Å². The number of carbonyl (C=O) groups excluding carboxylic acids is 1. The van der Waals surface area contributed by atoms with Gasteiger partial charge in [0.25, 0.3) is 6.43 Å². The third kappa shape index (κ3) is 6.43. The van der Waals surface area contributed by atoms with Gasteiger partial charge in [-0.25, -0.2) is 8.78 Å². The number of rotatable bonds is 8. The second-order valence-electron chi connectivity index (χ2n) is 5.15. The first-order chi connectivity index (χ1) is 8.99. The Balaban J connectivity index is 2.47. The summed E-state index contributed by atoms with van der Waals surface area (Å²) in [6.45, 7) is 4.17. The predicted octanol–water partition coefficient (Wildman–Crippen LogP) is 3.42. The summed E-state index contributed by atoms with van der Waals surface area (Å²) in [5.74, 6) is 0.0980. The van der Waals surface area contributed by atoms with E-state index in [0.717, 1.165) is 5.56 Å². The minimum absolute atomic E-state index is 0.108. The molecule has 1 rings (SSSR count). The Hall–Kier alpha value is -1.29. The van der Waals surface area contributed by atoms with Crippen LogP contribution in [-0.4, -0.2) is 18.3 Å². The van der Waals surface area contributed by atoms with Crippen molar-refractivity contribution in [3.8, 4) is 0 Å². The molecule has 2 nitrogen and oxygen atoms in total. The third-order valence-corrected chi connectivity index (χ3v) is 2.80. The molecule has 19 heavy (non-hydrogen) atoms. The van der Waals surface area contributed by atoms with Crippen molar-refractivity contribution in [2.24, 2.45) is 5.92 Å². The van der Waals surface area contributed by atoms with Crippen LogP contribution < -0.4 is 5.32 Å². The van der Waals surface area contributed by atoms with Crippen LogP contribution in [0.4, 0.5) is 8.78 Å². The van der Waals surface area contributed by atoms with Gasteiger partial charge in [0.15, 0.2) is 0 Å². The fourth-order valence-corrected chi connectivity index (χ4v) is 1.88. The van der Waals surface area contributed by atoms with Gasteiger partial charge in [-0.1, -0.05) is 44.2 Å². The number of halogens is 2. The normalized spacial score (nSPS) is 12.9. The smallest absolute Gasteiger partial charge is 0.254 e. The van der Waals surface area contributed by atoms with Gasteiger partial charge in [-0.2, -0.15) is 0 Å². The second kappa shape index (κ2) is 8.00. The fraction of sp³-hybridized carbons (Fsp3) is 0.533. The molecule has 0 aromatic heterocycles. The number of hydrogen-bond acceptors (Lipinski definition) is 2. The molecule has 0 radical (unpaired) electrons. The van der Waals surface area contributed by atoms with E-state index in [0.29, 0.717) is 13.0 Å². The van der Waals surface area contributed by atoms with Crippen LogP contribution in [0, 0.1) is 5.92 Å². The van der Waals surface area contributed by atoms with E-state index in [2.05, 4.69) is 5.32 Å². The number of alkyl halides is 2. The Morgan fingerprint density at radius 1 is 1.16 bits per heavy atom. The summed E-state index contributed by atoms with van der Waals surface area (Å²) in [5.41, 5.74) is 0.935. The van der Waals surface area contributed by atoms with Crippen LogP contribution in [0.3, 0.4) is 0 Å². The zero-order valence-corrected chi connectivity index (χ0v) is 11.4. The van der Waals surface area contributed by atoms with Crippen molar-refractivity contribution >= 4 is 5.78 Å². The van der Waals surface area contributed by atoms with E-state index in [1.54, 1.807) is 0 Å². The molecule has 1 unspecified atom stereocenters. The van der Waals surface area contributed by atoms with E-state index < -0.39 is 12.5 Å². The van der Waals surface area contributed by atoms with Crippen LogP contribution in [0.2, 0.25) is 0 Å². The quantitative estimate of drug-likeness (QED) is 0.783. The van der Waals surface area contributed by atoms with Crippen molar-refractivity contribution in [2.45, 2.75) is 45.7 Å². The highest BCUT2D eigenvalue weighted by molar-refractivity contribution is 5.79. The lowest BCUT2D eigenvalue weighted by Crippen LogP contribution is -2.37. The molecule has 1 aromatic rings. The summed E-state index contributed by atoms with van der Waals surface area (Å²) in [7, 11) is 0. The Morgan fingerprint density at radius 3 is 2.32 bits per heavy atom. The molecule has 0 spiro atoms. The van der Waals surface area contributed by atoms with E-state index in [1.165, 1.54) is 0 Å². The maximum Gasteiger partial charge on any atom is 0.254 e. The van der Waals surface area contributed by atoms with Crippen molar-refractivity contribution in [1.29, 1.82) is 0 Å². The third-order valence-electron chi connectivity index (χ3n) is 2.80. The van der Waals surface area contributed by atoms with Crippen LogP contribution >= 0.6 is 0 Å². The van der Waals surface area contributed by atoms with Gasteiger partial charge in [-0.05, 0) is 11.5 Å². The van der Waals surface area contributed by atoms with Crippen molar-refractivity contribution in [2.75, 3.05) is 0 Å². The lowest BCUT2D eigenvalue weighted by Gasteiger charge is -2.17. The summed E-state index contributed by atoms with van der Waals surface area (Å²) < 4.78 is 25.8. The van der Waals surface area contributed by atoms with Gasteiger partial charge >= 0.3 is 0 Å². The highest BCUT2D eigenvalue weighted by Crippen LogP contribution is 2.11. The van der Waals surface area contributed by atoms with Gasteiger partial charge in [0, 0.05) is 19.4 Å². The Labute approximate surface area is 113 Å². The standard InChI is InChI=1S/C15H21F2NO/c1-11(2)8-13(19)9-14(15(16)17)18-10-12-6-4-3-5-7-12/h3-7,11,14-15,18H,8-10H2,1-2H3. The van der Waals surface area contributed by atoms with Crippen LogP contribution in [-0.2, 0) is 11.3 Å². The Kier molecular flexibility index (Phi) is 6.64. The van der Waals surface area contributed by atoms with Gasteiger partial charge in [-0.3, -0.25) is 4.79 Å². The first-order valence-electron chi connectivity index (χ1n) is 6.56. The summed E-state index contributed by atoms with van der Waals surface area (Å²) in [4.78, 5) is 11.6. The van der Waals surface area contributed by atoms with E-state index >= 15 is 0 Å². The average Bonchev–Trinajstić information content (AvgIpc) is 2.34. The minimum Gasteiger partial charge on any atom is -0.304 e. The van der Waals surface area contributed by atoms with Crippen molar-refractivity contribution in [1.82, 2.24) is 5.32 Å². The van der Waals surface area contributed by atoms with Gasteiger partial charge in [0.05, 0.1) is 6.04 Å². The number of hydrogen-bond donors (Lipinski definition) is 1. The molecule has 0 saturated carbocycles. The molecule has 1 N–H and O–H groups in total. The molecule has 0 saturated heterocycles. The first kappa shape index (κ1) is 15.8. The first-order valence-corrected chi connectivity index (χ1v) is 6.56. The lowest BCUT2D eigenvalue weighted by atomic mass is 10.0. The van der Waals surface area contributed by atoms with Gasteiger partial charge < -0.3 is 5.32 Å². The highest BCUT2D eigenvalue weighted by atomic mass is 19.3. The minimum atomic E-state index is -2.53. The number of carbonyl (C=O) groups is 1. The maximum atomic E-state index is 12.9. The van der Waals surface area contributed by atoms with Gasteiger partial charge in [-0.15, -0.1) is 0 Å². The summed E-state index contributed by atoms with van der Waals surface area (Å²) in [6, 6.07) is 8.26. The van der Waals surface area contributed by atoms with Crippen LogP contribution in [0.1, 0.15) is 32.3 Å². The fourth-order valence-electron chi connectivity index (χ4n) is 1.88. The number of benzene rings is 1. The molecule has 1 aromatic carbocycles. The summed E-state index contributed by atoms with van der Waals surface area (Å²) in [5, 5.41) is 2.77. The molecular formula is C15H21F2NO. The Morgan fingerprint density at radius 2 is 1.79 bits per heavy atom. The average molecular weight is 269 g/mol. The molecule has 0 amide bonds. The molecule has 1 atom stereocenters. The molecule has 0 aliphatic carbocycles. The molecule has 0 bridgehead atoms. The van der Waals surface area contributed by atoms with E-state index in [-0.39, 0.29) is 18.1 Å². The zero-order chi connectivity index (χ0) is 14.3. The van der Waals surface area contributed by atoms with Crippen LogP contribution in [0.5, 0.6) is 0 Å². The maximum absolute atomic E-state index is 12.9. The predicted molar refractivity (Wildman–Crippen MR) is 72.2 cm³/mol. The van der Waals surface area contributed by atoms with Crippen LogP contribution in [0.15, 0.2) is 30.3 Å². The van der Waals surface area contributed by atoms with Crippen LogP contribution in [0.25, 0.3) is 0 Å². The number of nitrogens with one attached hydrogen (secondary N) is 1. The van der Waals surface area contributed by atoms with E-state index in [1.807, 2.05) is 44.2 Å². The van der Waals surface area contributed by atoms with Crippen molar-refractivity contribution in [3.05, 3.63) is 35.9 Å². The lowest BCUT2D eigenvalue weighted by molar-refractivity contribution is -0.121. The largest absolute Gasteiger partial charge is 0.304 e. The number of Topliss-reactive ketones (excluding diaryl/α,β-unsaturated/α-hetero) is 1. The Bertz CT molecular complexity index is 379. The molecular weight excluding hydrogens is 248 g/mol. The summed E-state index contributed by atoms with van der Waals surface area (Å²) >= 11 is 0. The SMILES string of the molecule is CC(C)CC(=O)CC(NCc1ccccc1)C(F)F. The van der Waals surface area contributed by atoms with E-state index in [9.17, 15) is 13.6 Å². The van der Waals surface area contributed by atoms with Crippen molar-refractivity contribution in [3.63, 3.8) is 0 Å². The molecule has 0 fully saturated rings. The van der Waals surface area contributed by atoms with Gasteiger partial charge in [0.2, 0.25) is 0 Å². The van der Waals surface area contributed by atoms with E-state index in [4.69, 9.17) is 0 Å². The summed E-state index contributed by atoms with van der Waals surface area (Å²) in [6.07, 6.45) is -2.28. The van der Waals surface area contributed by atoms with Crippen molar-refractivity contribution < 1.29 is 13.6 Å². The molecule has 0 aliphatic heterocycles. The second-order valence-corrected chi connectivity index (χ2v) is 5.15. The zero-order valence-electron chi connectivity index (χ0n) is 11.4. The molecule has 0 aliphatic rings. The molecule has 4 heteroatoms. The topological polar surface area (TPSA) is 29.1 Å². The molecule has 0 heterocycles. The monoisotopic (exact) mass is 269 g/mol. The number of ketones is 1.